The van der Waals surface area contributed by atoms with Crippen LogP contribution in [0.1, 0.15) is 29.2 Å². The van der Waals surface area contributed by atoms with E-state index >= 15 is 0 Å². The molecule has 10 nitrogen and oxygen atoms in total. The van der Waals surface area contributed by atoms with Crippen LogP contribution in [0.15, 0.2) is 100 Å². The van der Waals surface area contributed by atoms with Crippen molar-refractivity contribution in [2.75, 3.05) is 25.4 Å². The molecule has 4 aromatic heterocycles. The Labute approximate surface area is 258 Å². The van der Waals surface area contributed by atoms with Gasteiger partial charge in [-0.25, -0.2) is 14.8 Å². The number of hydrogen-bond acceptors (Lipinski definition) is 6. The molecule has 0 bridgehead atoms. The van der Waals surface area contributed by atoms with E-state index in [-0.39, 0.29) is 17.5 Å². The molecular weight excluding hydrogens is 566 g/mol. The Morgan fingerprint density at radius 1 is 0.956 bits per heavy atom. The lowest BCUT2D eigenvalue weighted by molar-refractivity contribution is 0.150. The SMILES string of the molecule is Nc1ncccc1-c1cc2ccc(-c3ccccc3)nc2n1-c1ccc(C2CCN(C(=O)N3CCc4c(o[nH]c4=O)C3)C2)cc1. The van der Waals surface area contributed by atoms with E-state index in [0.29, 0.717) is 49.7 Å². The zero-order valence-corrected chi connectivity index (χ0v) is 24.5. The number of hydrogen-bond donors (Lipinski definition) is 2. The molecule has 2 aliphatic heterocycles. The maximum atomic E-state index is 13.4. The Kier molecular flexibility index (Phi) is 6.48. The van der Waals surface area contributed by atoms with Crippen molar-refractivity contribution >= 4 is 22.9 Å². The highest BCUT2D eigenvalue weighted by Crippen LogP contribution is 2.35. The fourth-order valence-corrected chi connectivity index (χ4v) is 6.64. The topological polar surface area (TPSA) is 126 Å². The van der Waals surface area contributed by atoms with E-state index in [1.165, 1.54) is 5.56 Å². The lowest BCUT2D eigenvalue weighted by Gasteiger charge is -2.29. The monoisotopic (exact) mass is 597 g/mol. The van der Waals surface area contributed by atoms with E-state index in [1.54, 1.807) is 11.1 Å². The van der Waals surface area contributed by atoms with Crippen LogP contribution < -0.4 is 11.3 Å². The molecule has 0 spiro atoms. The fraction of sp³-hybridized carbons (Fsp3) is 0.200. The number of nitrogens with one attached hydrogen (secondary N) is 1. The molecule has 10 heteroatoms. The molecule has 2 aromatic carbocycles. The third-order valence-electron chi connectivity index (χ3n) is 9.03. The maximum Gasteiger partial charge on any atom is 0.320 e. The Morgan fingerprint density at radius 3 is 2.62 bits per heavy atom. The average Bonchev–Trinajstić information content (AvgIpc) is 3.82. The van der Waals surface area contributed by atoms with Crippen LogP contribution in [0.4, 0.5) is 10.6 Å². The summed E-state index contributed by atoms with van der Waals surface area (Å²) in [5.74, 6) is 1.24. The summed E-state index contributed by atoms with van der Waals surface area (Å²) in [5, 5.41) is 3.39. The summed E-state index contributed by atoms with van der Waals surface area (Å²) in [7, 11) is 0. The molecule has 0 saturated carbocycles. The number of aromatic nitrogens is 4. The van der Waals surface area contributed by atoms with Gasteiger partial charge in [-0.3, -0.25) is 9.36 Å². The van der Waals surface area contributed by atoms with Crippen molar-refractivity contribution in [3.8, 4) is 28.2 Å². The van der Waals surface area contributed by atoms with Gasteiger partial charge in [0.25, 0.3) is 5.56 Å². The van der Waals surface area contributed by atoms with Gasteiger partial charge in [-0.2, -0.15) is 5.16 Å². The van der Waals surface area contributed by atoms with Gasteiger partial charge in [0, 0.05) is 53.9 Å². The van der Waals surface area contributed by atoms with Crippen molar-refractivity contribution in [3.63, 3.8) is 0 Å². The van der Waals surface area contributed by atoms with Crippen LogP contribution >= 0.6 is 0 Å². The summed E-state index contributed by atoms with van der Waals surface area (Å²) < 4.78 is 7.44. The first kappa shape index (κ1) is 26.9. The molecule has 1 unspecified atom stereocenters. The molecule has 6 aromatic rings. The number of carbonyl (C=O) groups excluding carboxylic acids is 1. The molecule has 1 saturated heterocycles. The maximum absolute atomic E-state index is 13.4. The van der Waals surface area contributed by atoms with E-state index in [1.807, 2.05) is 41.3 Å². The number of rotatable bonds is 4. The number of pyridine rings is 2. The largest absolute Gasteiger partial charge is 0.383 e. The van der Waals surface area contributed by atoms with E-state index in [9.17, 15) is 9.59 Å². The first-order valence-corrected chi connectivity index (χ1v) is 15.2. The standard InChI is InChI=1S/C35H31N7O3/c36-32-27(7-4-16-37-32)30-19-24-10-13-29(23-5-2-1-3-6-23)38-33(24)42(30)26-11-8-22(9-12-26)25-14-17-40(20-25)35(44)41-18-15-28-31(21-41)45-39-34(28)43/h1-13,16,19,25H,14-15,17-18,20-21H2,(H2,36,37)(H,39,43). The number of likely N-dealkylation sites (tertiary alicyclic amines) is 1. The minimum Gasteiger partial charge on any atom is -0.383 e. The number of nitrogens with two attached hydrogens (primary N) is 1. The van der Waals surface area contributed by atoms with Crippen LogP contribution in [0.25, 0.3) is 39.2 Å². The number of benzene rings is 2. The van der Waals surface area contributed by atoms with E-state index in [4.69, 9.17) is 15.2 Å². The summed E-state index contributed by atoms with van der Waals surface area (Å²) in [5.41, 5.74) is 13.5. The molecular formula is C35H31N7O3. The molecule has 1 fully saturated rings. The number of urea groups is 1. The van der Waals surface area contributed by atoms with Gasteiger partial charge < -0.3 is 20.1 Å². The normalized spacial score (nSPS) is 16.3. The Bertz CT molecular complexity index is 2100. The van der Waals surface area contributed by atoms with Gasteiger partial charge >= 0.3 is 6.03 Å². The Morgan fingerprint density at radius 2 is 1.80 bits per heavy atom. The van der Waals surface area contributed by atoms with E-state index in [0.717, 1.165) is 45.7 Å². The van der Waals surface area contributed by atoms with Gasteiger partial charge in [0.15, 0.2) is 5.76 Å². The summed E-state index contributed by atoms with van der Waals surface area (Å²) in [6.45, 7) is 2.16. The molecule has 2 aliphatic rings. The third kappa shape index (κ3) is 4.75. The van der Waals surface area contributed by atoms with Crippen LogP contribution in [0.3, 0.4) is 0 Å². The first-order chi connectivity index (χ1) is 22.0. The molecule has 224 valence electrons. The van der Waals surface area contributed by atoms with Crippen molar-refractivity contribution in [3.05, 3.63) is 118 Å². The minimum absolute atomic E-state index is 0.0126. The molecule has 3 N–H and O–H groups in total. The first-order valence-electron chi connectivity index (χ1n) is 15.2. The number of anilines is 1. The second-order valence-corrected chi connectivity index (χ2v) is 11.7. The van der Waals surface area contributed by atoms with E-state index in [2.05, 4.69) is 63.2 Å². The van der Waals surface area contributed by atoms with Crippen molar-refractivity contribution in [1.29, 1.82) is 0 Å². The summed E-state index contributed by atoms with van der Waals surface area (Å²) in [4.78, 5) is 38.4. The molecule has 1 atom stereocenters. The highest BCUT2D eigenvalue weighted by atomic mass is 16.5. The highest BCUT2D eigenvalue weighted by Gasteiger charge is 2.33. The number of carbonyl (C=O) groups is 1. The van der Waals surface area contributed by atoms with Crippen LogP contribution in [0.5, 0.6) is 0 Å². The van der Waals surface area contributed by atoms with Crippen molar-refractivity contribution in [2.45, 2.75) is 25.3 Å². The second kappa shape index (κ2) is 10.8. The quantitative estimate of drug-likeness (QED) is 0.273. The number of H-pyrrole nitrogens is 1. The average molecular weight is 598 g/mol. The molecule has 45 heavy (non-hydrogen) atoms. The Balaban J connectivity index is 1.09. The van der Waals surface area contributed by atoms with Crippen LogP contribution in [0.2, 0.25) is 0 Å². The molecule has 2 amide bonds. The zero-order valence-electron chi connectivity index (χ0n) is 24.5. The summed E-state index contributed by atoms with van der Waals surface area (Å²) in [6, 6.07) is 28.8. The zero-order chi connectivity index (χ0) is 30.5. The number of nitrogen functional groups attached to an aromatic ring is 1. The van der Waals surface area contributed by atoms with Gasteiger partial charge in [0.1, 0.15) is 11.5 Å². The summed E-state index contributed by atoms with van der Waals surface area (Å²) >= 11 is 0. The predicted molar refractivity (Wildman–Crippen MR) is 172 cm³/mol. The van der Waals surface area contributed by atoms with E-state index < -0.39 is 0 Å². The number of amides is 2. The molecule has 0 aliphatic carbocycles. The van der Waals surface area contributed by atoms with Gasteiger partial charge in [0.05, 0.1) is 23.5 Å². The number of aromatic amines is 1. The second-order valence-electron chi connectivity index (χ2n) is 11.7. The lowest BCUT2D eigenvalue weighted by atomic mass is 9.98. The van der Waals surface area contributed by atoms with Crippen molar-refractivity contribution in [2.24, 2.45) is 0 Å². The third-order valence-corrected chi connectivity index (χ3v) is 9.03. The Hall–Kier alpha value is -5.64. The fourth-order valence-electron chi connectivity index (χ4n) is 6.64. The van der Waals surface area contributed by atoms with Gasteiger partial charge in [-0.1, -0.05) is 42.5 Å². The van der Waals surface area contributed by atoms with Gasteiger partial charge in [-0.15, -0.1) is 0 Å². The molecule has 8 rings (SSSR count). The lowest BCUT2D eigenvalue weighted by Crippen LogP contribution is -2.44. The van der Waals surface area contributed by atoms with Crippen molar-refractivity contribution in [1.82, 2.24) is 29.5 Å². The molecule has 0 radical (unpaired) electrons. The van der Waals surface area contributed by atoms with Crippen LogP contribution in [-0.4, -0.2) is 55.2 Å². The van der Waals surface area contributed by atoms with Crippen molar-refractivity contribution < 1.29 is 9.32 Å². The molecule has 6 heterocycles. The highest BCUT2D eigenvalue weighted by molar-refractivity contribution is 5.90. The van der Waals surface area contributed by atoms with Gasteiger partial charge in [-0.05, 0) is 60.9 Å². The van der Waals surface area contributed by atoms with Gasteiger partial charge in [0.2, 0.25) is 0 Å². The van der Waals surface area contributed by atoms with Crippen LogP contribution in [-0.2, 0) is 13.0 Å². The number of fused-ring (bicyclic) bond motifs is 2. The predicted octanol–water partition coefficient (Wildman–Crippen LogP) is 5.59. The smallest absolute Gasteiger partial charge is 0.320 e. The summed E-state index contributed by atoms with van der Waals surface area (Å²) in [6.07, 6.45) is 3.09. The minimum atomic E-state index is -0.196. The van der Waals surface area contributed by atoms with Crippen LogP contribution in [0, 0.1) is 0 Å². The number of nitrogens with zero attached hydrogens (tertiary/aromatic N) is 5.